The fourth-order valence-electron chi connectivity index (χ4n) is 2.09. The molecule has 0 amide bonds. The van der Waals surface area contributed by atoms with Gasteiger partial charge in [-0.1, -0.05) is 24.8 Å². The molecule has 1 saturated carbocycles. The predicted molar refractivity (Wildman–Crippen MR) is 57.4 cm³/mol. The summed E-state index contributed by atoms with van der Waals surface area (Å²) < 4.78 is 0. The van der Waals surface area contributed by atoms with E-state index in [-0.39, 0.29) is 24.0 Å². The van der Waals surface area contributed by atoms with E-state index in [2.05, 4.69) is 6.58 Å². The van der Waals surface area contributed by atoms with Crippen LogP contribution in [0, 0.1) is 11.8 Å². The van der Waals surface area contributed by atoms with Gasteiger partial charge >= 0.3 is 5.97 Å². The summed E-state index contributed by atoms with van der Waals surface area (Å²) >= 11 is 0. The summed E-state index contributed by atoms with van der Waals surface area (Å²) in [7, 11) is 0. The van der Waals surface area contributed by atoms with Gasteiger partial charge in [0.05, 0.1) is 0 Å². The number of aliphatic carboxylic acids is 1. The van der Waals surface area contributed by atoms with Crippen molar-refractivity contribution < 1.29 is 14.7 Å². The Morgan fingerprint density at radius 2 is 2.33 bits per heavy atom. The van der Waals surface area contributed by atoms with Crippen molar-refractivity contribution in [3.05, 3.63) is 24.8 Å². The van der Waals surface area contributed by atoms with Crippen LogP contribution in [0.25, 0.3) is 0 Å². The maximum Gasteiger partial charge on any atom is 0.303 e. The van der Waals surface area contributed by atoms with E-state index in [0.717, 1.165) is 6.42 Å². The minimum atomic E-state index is -0.813. The molecule has 0 radical (unpaired) electrons. The average Bonchev–Trinajstić information content (AvgIpc) is 2.49. The van der Waals surface area contributed by atoms with Gasteiger partial charge in [0, 0.05) is 18.8 Å². The lowest BCUT2D eigenvalue weighted by Gasteiger charge is -2.14. The van der Waals surface area contributed by atoms with Crippen LogP contribution in [0.3, 0.4) is 0 Å². The Labute approximate surface area is 89.5 Å². The third-order valence-electron chi connectivity index (χ3n) is 2.84. The van der Waals surface area contributed by atoms with E-state index in [1.807, 2.05) is 6.08 Å². The number of rotatable bonds is 5. The van der Waals surface area contributed by atoms with Gasteiger partial charge in [0.25, 0.3) is 0 Å². The topological polar surface area (TPSA) is 54.4 Å². The summed E-state index contributed by atoms with van der Waals surface area (Å²) in [5.41, 5.74) is 0. The first-order valence-electron chi connectivity index (χ1n) is 5.17. The third-order valence-corrected chi connectivity index (χ3v) is 2.84. The number of ketones is 1. The molecule has 1 N–H and O–H groups in total. The lowest BCUT2D eigenvalue weighted by molar-refractivity contribution is -0.138. The van der Waals surface area contributed by atoms with Crippen LogP contribution in [0.15, 0.2) is 24.8 Å². The van der Waals surface area contributed by atoms with E-state index in [1.165, 1.54) is 0 Å². The second-order valence-electron chi connectivity index (χ2n) is 3.87. The van der Waals surface area contributed by atoms with Gasteiger partial charge in [-0.2, -0.15) is 0 Å². The van der Waals surface area contributed by atoms with Crippen molar-refractivity contribution in [2.24, 2.45) is 11.8 Å². The molecule has 3 nitrogen and oxygen atoms in total. The molecule has 0 heterocycles. The first-order valence-corrected chi connectivity index (χ1v) is 5.17. The zero-order valence-electron chi connectivity index (χ0n) is 8.69. The molecular formula is C12H16O3. The summed E-state index contributed by atoms with van der Waals surface area (Å²) in [6, 6.07) is 0. The molecule has 15 heavy (non-hydrogen) atoms. The van der Waals surface area contributed by atoms with Crippen molar-refractivity contribution in [3.63, 3.8) is 0 Å². The van der Waals surface area contributed by atoms with Crippen LogP contribution in [0.4, 0.5) is 0 Å². The summed E-state index contributed by atoms with van der Waals surface area (Å²) in [5.74, 6) is -0.691. The number of carboxylic acids is 1. The Bertz CT molecular complexity index is 291. The van der Waals surface area contributed by atoms with E-state index < -0.39 is 5.97 Å². The lowest BCUT2D eigenvalue weighted by Crippen LogP contribution is -2.17. The van der Waals surface area contributed by atoms with Crippen molar-refractivity contribution in [3.8, 4) is 0 Å². The SMILES string of the molecule is C=CC=CCC1C(=O)CCC1CC(=O)O. The van der Waals surface area contributed by atoms with E-state index in [1.54, 1.807) is 12.2 Å². The molecule has 0 aliphatic heterocycles. The molecule has 0 bridgehead atoms. The summed E-state index contributed by atoms with van der Waals surface area (Å²) in [5, 5.41) is 8.70. The molecule has 1 rings (SSSR count). The van der Waals surface area contributed by atoms with Gasteiger partial charge in [0.15, 0.2) is 0 Å². The number of hydrogen-bond donors (Lipinski definition) is 1. The van der Waals surface area contributed by atoms with Gasteiger partial charge in [0.1, 0.15) is 5.78 Å². The van der Waals surface area contributed by atoms with E-state index in [4.69, 9.17) is 5.11 Å². The monoisotopic (exact) mass is 208 g/mol. The maximum atomic E-state index is 11.5. The van der Waals surface area contributed by atoms with Crippen LogP contribution in [-0.4, -0.2) is 16.9 Å². The van der Waals surface area contributed by atoms with Crippen LogP contribution in [-0.2, 0) is 9.59 Å². The molecule has 1 fully saturated rings. The Balaban J connectivity index is 2.56. The highest BCUT2D eigenvalue weighted by molar-refractivity contribution is 5.84. The normalized spacial score (nSPS) is 26.0. The van der Waals surface area contributed by atoms with Crippen LogP contribution >= 0.6 is 0 Å². The number of allylic oxidation sites excluding steroid dienone is 3. The van der Waals surface area contributed by atoms with Crippen LogP contribution < -0.4 is 0 Å². The Kier molecular flexibility index (Phi) is 4.28. The van der Waals surface area contributed by atoms with Crippen molar-refractivity contribution in [2.75, 3.05) is 0 Å². The Morgan fingerprint density at radius 1 is 1.60 bits per heavy atom. The molecule has 82 valence electrons. The van der Waals surface area contributed by atoms with Crippen LogP contribution in [0.1, 0.15) is 25.7 Å². The summed E-state index contributed by atoms with van der Waals surface area (Å²) in [6.45, 7) is 3.55. The van der Waals surface area contributed by atoms with Gasteiger partial charge in [-0.3, -0.25) is 9.59 Å². The Morgan fingerprint density at radius 3 is 2.93 bits per heavy atom. The molecule has 0 spiro atoms. The largest absolute Gasteiger partial charge is 0.481 e. The first-order chi connectivity index (χ1) is 7.15. The minimum Gasteiger partial charge on any atom is -0.481 e. The number of carboxylic acid groups (broad SMARTS) is 1. The number of carbonyl (C=O) groups excluding carboxylic acids is 1. The number of carbonyl (C=O) groups is 2. The molecule has 0 aromatic rings. The molecule has 2 unspecified atom stereocenters. The molecule has 2 atom stereocenters. The predicted octanol–water partition coefficient (Wildman–Crippen LogP) is 2.19. The van der Waals surface area contributed by atoms with Crippen molar-refractivity contribution in [1.82, 2.24) is 0 Å². The smallest absolute Gasteiger partial charge is 0.303 e. The molecule has 0 saturated heterocycles. The first kappa shape index (κ1) is 11.7. The molecular weight excluding hydrogens is 192 g/mol. The highest BCUT2D eigenvalue weighted by Crippen LogP contribution is 2.33. The zero-order chi connectivity index (χ0) is 11.3. The van der Waals surface area contributed by atoms with Crippen LogP contribution in [0.2, 0.25) is 0 Å². The van der Waals surface area contributed by atoms with E-state index >= 15 is 0 Å². The quantitative estimate of drug-likeness (QED) is 0.704. The third kappa shape index (κ3) is 3.35. The zero-order valence-corrected chi connectivity index (χ0v) is 8.69. The highest BCUT2D eigenvalue weighted by Gasteiger charge is 2.34. The summed E-state index contributed by atoms with van der Waals surface area (Å²) in [4.78, 5) is 22.1. The molecule has 3 heteroatoms. The molecule has 0 aromatic carbocycles. The van der Waals surface area contributed by atoms with Gasteiger partial charge in [-0.05, 0) is 18.8 Å². The van der Waals surface area contributed by atoms with Gasteiger partial charge in [0.2, 0.25) is 0 Å². The van der Waals surface area contributed by atoms with Gasteiger partial charge in [-0.25, -0.2) is 0 Å². The van der Waals surface area contributed by atoms with Crippen molar-refractivity contribution in [1.29, 1.82) is 0 Å². The van der Waals surface area contributed by atoms with Crippen LogP contribution in [0.5, 0.6) is 0 Å². The maximum absolute atomic E-state index is 11.5. The molecule has 1 aliphatic carbocycles. The lowest BCUT2D eigenvalue weighted by atomic mass is 9.89. The van der Waals surface area contributed by atoms with Gasteiger partial charge < -0.3 is 5.11 Å². The van der Waals surface area contributed by atoms with Crippen molar-refractivity contribution >= 4 is 11.8 Å². The standard InChI is InChI=1S/C12H16O3/c1-2-3-4-5-10-9(8-12(14)15)6-7-11(10)13/h2-4,9-10H,1,5-8H2,(H,14,15). The van der Waals surface area contributed by atoms with Gasteiger partial charge in [-0.15, -0.1) is 0 Å². The molecule has 0 aromatic heterocycles. The van der Waals surface area contributed by atoms with E-state index in [9.17, 15) is 9.59 Å². The Hall–Kier alpha value is -1.38. The minimum absolute atomic E-state index is 0.0180. The second-order valence-corrected chi connectivity index (χ2v) is 3.87. The highest BCUT2D eigenvalue weighted by atomic mass is 16.4. The number of Topliss-reactive ketones (excluding diaryl/α,β-unsaturated/α-hetero) is 1. The fraction of sp³-hybridized carbons (Fsp3) is 0.500. The fourth-order valence-corrected chi connectivity index (χ4v) is 2.09. The van der Waals surface area contributed by atoms with E-state index in [0.29, 0.717) is 12.8 Å². The second kappa shape index (κ2) is 5.49. The van der Waals surface area contributed by atoms with Crippen molar-refractivity contribution in [2.45, 2.75) is 25.7 Å². The summed E-state index contributed by atoms with van der Waals surface area (Å²) in [6.07, 6.45) is 7.34. The number of hydrogen-bond acceptors (Lipinski definition) is 2. The average molecular weight is 208 g/mol. The molecule has 1 aliphatic rings.